The molecule has 2 amide bonds. The van der Waals surface area contributed by atoms with E-state index in [0.29, 0.717) is 24.5 Å². The second kappa shape index (κ2) is 8.68. The number of aryl methyl sites for hydroxylation is 1. The molecule has 0 bridgehead atoms. The van der Waals surface area contributed by atoms with Crippen LogP contribution in [0.1, 0.15) is 20.1 Å². The fourth-order valence-corrected chi connectivity index (χ4v) is 5.63. The van der Waals surface area contributed by atoms with E-state index in [0.717, 1.165) is 27.3 Å². The zero-order chi connectivity index (χ0) is 22.1. The van der Waals surface area contributed by atoms with Gasteiger partial charge in [0, 0.05) is 23.7 Å². The second-order valence-electron chi connectivity index (χ2n) is 7.50. The molecule has 7 nitrogen and oxygen atoms in total. The number of nitrogens with one attached hydrogen (secondary N) is 1. The molecule has 0 radical (unpaired) electrons. The molecular formula is C23H21N5O2S2. The van der Waals surface area contributed by atoms with E-state index in [4.69, 9.17) is 0 Å². The Morgan fingerprint density at radius 2 is 1.97 bits per heavy atom. The summed E-state index contributed by atoms with van der Waals surface area (Å²) in [6, 6.07) is 13.6. The van der Waals surface area contributed by atoms with Gasteiger partial charge in [0.25, 0.3) is 5.91 Å². The Kier molecular flexibility index (Phi) is 5.59. The topological polar surface area (TPSA) is 78.4 Å². The number of benzene rings is 1. The van der Waals surface area contributed by atoms with E-state index in [1.807, 2.05) is 48.7 Å². The third-order valence-corrected chi connectivity index (χ3v) is 7.57. The standard InChI is InChI=1S/C23H21N5O2S2/c1-15-19-21(24-12-17-8-5-11-31-17)25-14-26-22(19)32-20(15)23(30)27-9-10-28(18(29)13-27)16-6-3-2-4-7-16/h2-8,11,14H,9-10,12-13H2,1H3,(H,24,25,26). The predicted molar refractivity (Wildman–Crippen MR) is 128 cm³/mol. The first-order valence-electron chi connectivity index (χ1n) is 10.3. The minimum Gasteiger partial charge on any atom is -0.365 e. The molecule has 0 spiro atoms. The first kappa shape index (κ1) is 20.6. The SMILES string of the molecule is Cc1c(C(=O)N2CCN(c3ccccc3)C(=O)C2)sc2ncnc(NCc3cccs3)c12. The van der Waals surface area contributed by atoms with E-state index in [1.54, 1.807) is 21.1 Å². The van der Waals surface area contributed by atoms with E-state index in [9.17, 15) is 9.59 Å². The van der Waals surface area contributed by atoms with Crippen LogP contribution in [0.4, 0.5) is 11.5 Å². The van der Waals surface area contributed by atoms with Crippen LogP contribution in [0.3, 0.4) is 0 Å². The van der Waals surface area contributed by atoms with Gasteiger partial charge < -0.3 is 15.1 Å². The van der Waals surface area contributed by atoms with Crippen LogP contribution in [-0.2, 0) is 11.3 Å². The normalized spacial score (nSPS) is 14.2. The molecule has 3 aromatic heterocycles. The number of para-hydroxylation sites is 1. The number of hydrogen-bond donors (Lipinski definition) is 1. The van der Waals surface area contributed by atoms with E-state index in [1.165, 1.54) is 22.5 Å². The molecule has 0 saturated carbocycles. The number of carbonyl (C=O) groups excluding carboxylic acids is 2. The number of hydrogen-bond acceptors (Lipinski definition) is 7. The molecule has 1 fully saturated rings. The van der Waals surface area contributed by atoms with Crippen molar-refractivity contribution in [1.82, 2.24) is 14.9 Å². The Hall–Kier alpha value is -3.30. The first-order valence-corrected chi connectivity index (χ1v) is 12.0. The summed E-state index contributed by atoms with van der Waals surface area (Å²) < 4.78 is 0. The van der Waals surface area contributed by atoms with Crippen molar-refractivity contribution in [3.8, 4) is 0 Å². The maximum absolute atomic E-state index is 13.3. The molecule has 162 valence electrons. The molecule has 4 heterocycles. The van der Waals surface area contributed by atoms with Gasteiger partial charge in [-0.05, 0) is 36.1 Å². The van der Waals surface area contributed by atoms with Crippen molar-refractivity contribution in [3.05, 3.63) is 69.5 Å². The summed E-state index contributed by atoms with van der Waals surface area (Å²) in [6.45, 7) is 3.62. The molecule has 0 atom stereocenters. The summed E-state index contributed by atoms with van der Waals surface area (Å²) in [5.41, 5.74) is 1.71. The minimum absolute atomic E-state index is 0.0660. The monoisotopic (exact) mass is 463 g/mol. The van der Waals surface area contributed by atoms with Crippen LogP contribution in [0.15, 0.2) is 54.2 Å². The maximum Gasteiger partial charge on any atom is 0.264 e. The number of fused-ring (bicyclic) bond motifs is 1. The lowest BCUT2D eigenvalue weighted by atomic mass is 10.1. The van der Waals surface area contributed by atoms with Gasteiger partial charge in [-0.2, -0.15) is 0 Å². The van der Waals surface area contributed by atoms with E-state index in [-0.39, 0.29) is 18.4 Å². The van der Waals surface area contributed by atoms with Crippen LogP contribution in [0, 0.1) is 6.92 Å². The van der Waals surface area contributed by atoms with Gasteiger partial charge in [-0.15, -0.1) is 22.7 Å². The van der Waals surface area contributed by atoms with Crippen molar-refractivity contribution in [2.45, 2.75) is 13.5 Å². The van der Waals surface area contributed by atoms with Gasteiger partial charge >= 0.3 is 0 Å². The molecular weight excluding hydrogens is 442 g/mol. The lowest BCUT2D eigenvalue weighted by Crippen LogP contribution is -2.52. The highest BCUT2D eigenvalue weighted by atomic mass is 32.1. The number of thiophene rings is 2. The Morgan fingerprint density at radius 1 is 1.12 bits per heavy atom. The Bertz CT molecular complexity index is 1270. The highest BCUT2D eigenvalue weighted by molar-refractivity contribution is 7.20. The van der Waals surface area contributed by atoms with Crippen molar-refractivity contribution in [3.63, 3.8) is 0 Å². The quantitative estimate of drug-likeness (QED) is 0.481. The zero-order valence-electron chi connectivity index (χ0n) is 17.4. The summed E-state index contributed by atoms with van der Waals surface area (Å²) >= 11 is 3.04. The maximum atomic E-state index is 13.3. The lowest BCUT2D eigenvalue weighted by Gasteiger charge is -2.34. The van der Waals surface area contributed by atoms with Crippen LogP contribution in [-0.4, -0.2) is 46.3 Å². The number of aromatic nitrogens is 2. The molecule has 9 heteroatoms. The number of amides is 2. The molecule has 5 rings (SSSR count). The third-order valence-electron chi connectivity index (χ3n) is 5.51. The Morgan fingerprint density at radius 3 is 2.72 bits per heavy atom. The van der Waals surface area contributed by atoms with Crippen molar-refractivity contribution >= 4 is 56.2 Å². The fraction of sp³-hybridized carbons (Fsp3) is 0.217. The minimum atomic E-state index is -0.129. The van der Waals surface area contributed by atoms with Gasteiger partial charge in [0.2, 0.25) is 5.91 Å². The summed E-state index contributed by atoms with van der Waals surface area (Å²) in [7, 11) is 0. The van der Waals surface area contributed by atoms with Crippen LogP contribution in [0.5, 0.6) is 0 Å². The third kappa shape index (κ3) is 3.85. The van der Waals surface area contributed by atoms with Crippen LogP contribution >= 0.6 is 22.7 Å². The fourth-order valence-electron chi connectivity index (χ4n) is 3.86. The zero-order valence-corrected chi connectivity index (χ0v) is 19.1. The van der Waals surface area contributed by atoms with Gasteiger partial charge in [0.05, 0.1) is 16.8 Å². The predicted octanol–water partition coefficient (Wildman–Crippen LogP) is 4.16. The molecule has 0 aliphatic carbocycles. The van der Waals surface area contributed by atoms with Gasteiger partial charge in [-0.25, -0.2) is 9.97 Å². The largest absolute Gasteiger partial charge is 0.365 e. The molecule has 1 aliphatic heterocycles. The molecule has 1 saturated heterocycles. The van der Waals surface area contributed by atoms with Crippen LogP contribution < -0.4 is 10.2 Å². The summed E-state index contributed by atoms with van der Waals surface area (Å²) in [5.74, 6) is 0.518. The summed E-state index contributed by atoms with van der Waals surface area (Å²) in [6.07, 6.45) is 1.52. The van der Waals surface area contributed by atoms with Gasteiger partial charge in [-0.3, -0.25) is 9.59 Å². The molecule has 4 aromatic rings. The van der Waals surface area contributed by atoms with Gasteiger partial charge in [-0.1, -0.05) is 24.3 Å². The van der Waals surface area contributed by atoms with Crippen molar-refractivity contribution in [2.24, 2.45) is 0 Å². The first-order chi connectivity index (χ1) is 15.6. The number of nitrogens with zero attached hydrogens (tertiary/aromatic N) is 4. The highest BCUT2D eigenvalue weighted by Gasteiger charge is 2.31. The molecule has 32 heavy (non-hydrogen) atoms. The molecule has 0 unspecified atom stereocenters. The van der Waals surface area contributed by atoms with E-state index < -0.39 is 0 Å². The second-order valence-corrected chi connectivity index (χ2v) is 9.53. The summed E-state index contributed by atoms with van der Waals surface area (Å²) in [5, 5.41) is 6.28. The molecule has 1 aliphatic rings. The Balaban J connectivity index is 1.36. The number of anilines is 2. The number of piperazine rings is 1. The molecule has 1 N–H and O–H groups in total. The van der Waals surface area contributed by atoms with Crippen molar-refractivity contribution in [1.29, 1.82) is 0 Å². The smallest absolute Gasteiger partial charge is 0.264 e. The van der Waals surface area contributed by atoms with E-state index in [2.05, 4.69) is 21.4 Å². The highest BCUT2D eigenvalue weighted by Crippen LogP contribution is 2.34. The van der Waals surface area contributed by atoms with Gasteiger partial charge in [0.1, 0.15) is 23.5 Å². The van der Waals surface area contributed by atoms with Gasteiger partial charge in [0.15, 0.2) is 0 Å². The Labute approximate surface area is 193 Å². The van der Waals surface area contributed by atoms with Crippen molar-refractivity contribution < 1.29 is 9.59 Å². The average Bonchev–Trinajstić information content (AvgIpc) is 3.46. The number of rotatable bonds is 5. The number of carbonyl (C=O) groups is 2. The van der Waals surface area contributed by atoms with Crippen LogP contribution in [0.25, 0.3) is 10.2 Å². The average molecular weight is 464 g/mol. The van der Waals surface area contributed by atoms with Crippen LogP contribution in [0.2, 0.25) is 0 Å². The van der Waals surface area contributed by atoms with E-state index >= 15 is 0 Å². The lowest BCUT2D eigenvalue weighted by molar-refractivity contribution is -0.120. The van der Waals surface area contributed by atoms with Crippen molar-refractivity contribution in [2.75, 3.05) is 29.9 Å². The summed E-state index contributed by atoms with van der Waals surface area (Å²) in [4.78, 5) is 40.8. The molecule has 1 aromatic carbocycles.